The van der Waals surface area contributed by atoms with Crippen LogP contribution in [0.15, 0.2) is 24.3 Å². The van der Waals surface area contributed by atoms with Crippen LogP contribution in [0.1, 0.15) is 36.8 Å². The Kier molecular flexibility index (Phi) is 5.34. The molecule has 0 aromatic heterocycles. The molecule has 2 fully saturated rings. The minimum absolute atomic E-state index is 0.0630. The van der Waals surface area contributed by atoms with Crippen LogP contribution < -0.4 is 10.6 Å². The molecule has 2 saturated heterocycles. The predicted molar refractivity (Wildman–Crippen MR) is 104 cm³/mol. The average Bonchev–Trinajstić information content (AvgIpc) is 3.16. The Balaban J connectivity index is 1.19. The molecule has 3 amide bonds. The molecule has 1 aromatic rings. The Labute approximate surface area is 161 Å². The molecule has 6 heteroatoms. The second kappa shape index (κ2) is 7.89. The SMILES string of the molecule is O=C(CCNC(=O)N1CCc2ccccc2C1)N1CCC2(CCNC2)CC1. The fraction of sp³-hybridized carbons (Fsp3) is 0.619. The molecule has 0 radical (unpaired) electrons. The van der Waals surface area contributed by atoms with Crippen molar-refractivity contribution >= 4 is 11.9 Å². The Morgan fingerprint density at radius 1 is 1.04 bits per heavy atom. The molecule has 6 nitrogen and oxygen atoms in total. The maximum Gasteiger partial charge on any atom is 0.317 e. The molecule has 4 rings (SSSR count). The summed E-state index contributed by atoms with van der Waals surface area (Å²) >= 11 is 0. The van der Waals surface area contributed by atoms with E-state index in [1.807, 2.05) is 21.9 Å². The highest BCUT2D eigenvalue weighted by molar-refractivity contribution is 5.78. The lowest BCUT2D eigenvalue weighted by Crippen LogP contribution is -2.46. The average molecular weight is 370 g/mol. The third-order valence-electron chi connectivity index (χ3n) is 6.54. The minimum atomic E-state index is -0.0630. The number of piperidine rings is 1. The fourth-order valence-electron chi connectivity index (χ4n) is 4.67. The van der Waals surface area contributed by atoms with E-state index in [2.05, 4.69) is 22.8 Å². The zero-order valence-corrected chi connectivity index (χ0v) is 16.0. The van der Waals surface area contributed by atoms with E-state index in [1.54, 1.807) is 0 Å². The van der Waals surface area contributed by atoms with Gasteiger partial charge in [-0.15, -0.1) is 0 Å². The summed E-state index contributed by atoms with van der Waals surface area (Å²) in [5, 5.41) is 6.39. The van der Waals surface area contributed by atoms with Gasteiger partial charge in [-0.2, -0.15) is 0 Å². The first kappa shape index (κ1) is 18.3. The van der Waals surface area contributed by atoms with Crippen LogP contribution in [0, 0.1) is 5.41 Å². The molecule has 27 heavy (non-hydrogen) atoms. The number of nitrogens with zero attached hydrogens (tertiary/aromatic N) is 2. The standard InChI is InChI=1S/C21H30N4O2/c26-19(24-13-8-21(9-14-24)7-11-22-16-21)5-10-23-20(27)25-12-6-17-3-1-2-4-18(17)15-25/h1-4,22H,5-16H2,(H,23,27). The quantitative estimate of drug-likeness (QED) is 0.852. The smallest absolute Gasteiger partial charge is 0.317 e. The van der Waals surface area contributed by atoms with Gasteiger partial charge in [0, 0.05) is 45.7 Å². The van der Waals surface area contributed by atoms with Crippen LogP contribution in [-0.2, 0) is 17.8 Å². The van der Waals surface area contributed by atoms with Gasteiger partial charge in [-0.1, -0.05) is 24.3 Å². The molecule has 0 unspecified atom stereocenters. The van der Waals surface area contributed by atoms with Gasteiger partial charge in [0.15, 0.2) is 0 Å². The number of fused-ring (bicyclic) bond motifs is 1. The summed E-state index contributed by atoms with van der Waals surface area (Å²) in [5.74, 6) is 0.167. The highest BCUT2D eigenvalue weighted by atomic mass is 16.2. The largest absolute Gasteiger partial charge is 0.343 e. The summed E-state index contributed by atoms with van der Waals surface area (Å²) in [6.07, 6.45) is 4.73. The summed E-state index contributed by atoms with van der Waals surface area (Å²) in [7, 11) is 0. The van der Waals surface area contributed by atoms with Gasteiger partial charge in [0.2, 0.25) is 5.91 Å². The highest BCUT2D eigenvalue weighted by Crippen LogP contribution is 2.36. The molecule has 3 aliphatic rings. The lowest BCUT2D eigenvalue weighted by Gasteiger charge is -2.39. The van der Waals surface area contributed by atoms with Crippen molar-refractivity contribution < 1.29 is 9.59 Å². The van der Waals surface area contributed by atoms with E-state index in [0.29, 0.717) is 24.9 Å². The summed E-state index contributed by atoms with van der Waals surface area (Å²) < 4.78 is 0. The van der Waals surface area contributed by atoms with Crippen molar-refractivity contribution in [3.63, 3.8) is 0 Å². The second-order valence-corrected chi connectivity index (χ2v) is 8.23. The number of hydrogen-bond acceptors (Lipinski definition) is 3. The van der Waals surface area contributed by atoms with E-state index in [9.17, 15) is 9.59 Å². The third kappa shape index (κ3) is 4.10. The lowest BCUT2D eigenvalue weighted by atomic mass is 9.78. The van der Waals surface area contributed by atoms with E-state index >= 15 is 0 Å². The van der Waals surface area contributed by atoms with Gasteiger partial charge in [-0.3, -0.25) is 4.79 Å². The first-order valence-corrected chi connectivity index (χ1v) is 10.2. The van der Waals surface area contributed by atoms with Crippen LogP contribution in [0.25, 0.3) is 0 Å². The molecular weight excluding hydrogens is 340 g/mol. The second-order valence-electron chi connectivity index (χ2n) is 8.23. The van der Waals surface area contributed by atoms with Crippen LogP contribution in [0.5, 0.6) is 0 Å². The molecule has 146 valence electrons. The molecule has 0 atom stereocenters. The number of rotatable bonds is 3. The van der Waals surface area contributed by atoms with Crippen molar-refractivity contribution in [2.24, 2.45) is 5.41 Å². The number of amides is 3. The van der Waals surface area contributed by atoms with Crippen molar-refractivity contribution in [2.75, 3.05) is 39.3 Å². The van der Waals surface area contributed by atoms with Crippen molar-refractivity contribution in [1.82, 2.24) is 20.4 Å². The zero-order valence-electron chi connectivity index (χ0n) is 16.0. The molecule has 0 aliphatic carbocycles. The third-order valence-corrected chi connectivity index (χ3v) is 6.54. The monoisotopic (exact) mass is 370 g/mol. The van der Waals surface area contributed by atoms with Crippen molar-refractivity contribution in [3.05, 3.63) is 35.4 Å². The van der Waals surface area contributed by atoms with E-state index < -0.39 is 0 Å². The Hall–Kier alpha value is -2.08. The number of benzene rings is 1. The Morgan fingerprint density at radius 2 is 1.81 bits per heavy atom. The van der Waals surface area contributed by atoms with Crippen molar-refractivity contribution in [2.45, 2.75) is 38.6 Å². The van der Waals surface area contributed by atoms with Gasteiger partial charge in [0.25, 0.3) is 0 Å². The fourth-order valence-corrected chi connectivity index (χ4v) is 4.67. The maximum absolute atomic E-state index is 12.5. The Bertz CT molecular complexity index is 689. The normalized spacial score (nSPS) is 21.2. The van der Waals surface area contributed by atoms with Crippen LogP contribution in [0.2, 0.25) is 0 Å². The number of carbonyl (C=O) groups is 2. The van der Waals surface area contributed by atoms with Crippen molar-refractivity contribution in [3.8, 4) is 0 Å². The molecule has 1 aromatic carbocycles. The summed E-state index contributed by atoms with van der Waals surface area (Å²) in [6, 6.07) is 8.22. The summed E-state index contributed by atoms with van der Waals surface area (Å²) in [6.45, 7) is 5.73. The van der Waals surface area contributed by atoms with Gasteiger partial charge >= 0.3 is 6.03 Å². The zero-order chi connectivity index (χ0) is 18.7. The van der Waals surface area contributed by atoms with Gasteiger partial charge in [-0.05, 0) is 48.8 Å². The number of hydrogen-bond donors (Lipinski definition) is 2. The molecule has 3 heterocycles. The molecule has 0 saturated carbocycles. The van der Waals surface area contributed by atoms with Crippen LogP contribution in [0.3, 0.4) is 0 Å². The Morgan fingerprint density at radius 3 is 2.56 bits per heavy atom. The highest BCUT2D eigenvalue weighted by Gasteiger charge is 2.37. The topological polar surface area (TPSA) is 64.7 Å². The molecule has 3 aliphatic heterocycles. The van der Waals surface area contributed by atoms with E-state index in [1.165, 1.54) is 17.5 Å². The minimum Gasteiger partial charge on any atom is -0.343 e. The van der Waals surface area contributed by atoms with Crippen LogP contribution >= 0.6 is 0 Å². The van der Waals surface area contributed by atoms with Gasteiger partial charge < -0.3 is 20.4 Å². The van der Waals surface area contributed by atoms with Crippen LogP contribution in [0.4, 0.5) is 4.79 Å². The van der Waals surface area contributed by atoms with Crippen molar-refractivity contribution in [1.29, 1.82) is 0 Å². The van der Waals surface area contributed by atoms with E-state index in [0.717, 1.165) is 52.0 Å². The van der Waals surface area contributed by atoms with E-state index in [4.69, 9.17) is 0 Å². The first-order chi connectivity index (χ1) is 13.2. The summed E-state index contributed by atoms with van der Waals surface area (Å²) in [5.41, 5.74) is 2.98. The maximum atomic E-state index is 12.5. The molecule has 2 N–H and O–H groups in total. The van der Waals surface area contributed by atoms with Crippen LogP contribution in [-0.4, -0.2) is 61.0 Å². The number of likely N-dealkylation sites (tertiary alicyclic amines) is 1. The number of carbonyl (C=O) groups excluding carboxylic acids is 2. The number of nitrogens with one attached hydrogen (secondary N) is 2. The van der Waals surface area contributed by atoms with Gasteiger partial charge in [-0.25, -0.2) is 4.79 Å². The van der Waals surface area contributed by atoms with E-state index in [-0.39, 0.29) is 11.9 Å². The van der Waals surface area contributed by atoms with Gasteiger partial charge in [0.05, 0.1) is 0 Å². The molecule has 0 bridgehead atoms. The first-order valence-electron chi connectivity index (χ1n) is 10.2. The molecule has 1 spiro atoms. The predicted octanol–water partition coefficient (Wildman–Crippen LogP) is 1.75. The number of urea groups is 1. The summed E-state index contributed by atoms with van der Waals surface area (Å²) in [4.78, 5) is 28.7. The lowest BCUT2D eigenvalue weighted by molar-refractivity contribution is -0.133. The molecular formula is C21H30N4O2. The van der Waals surface area contributed by atoms with Gasteiger partial charge in [0.1, 0.15) is 0 Å².